The van der Waals surface area contributed by atoms with Crippen LogP contribution in [-0.2, 0) is 17.1 Å². The van der Waals surface area contributed by atoms with Crippen molar-refractivity contribution in [3.63, 3.8) is 0 Å². The number of rotatable bonds is 6. The molecule has 0 spiro atoms. The molecule has 0 unspecified atom stereocenters. The number of hydrogen-bond acceptors (Lipinski definition) is 8. The Bertz CT molecular complexity index is 1140. The van der Waals surface area contributed by atoms with Gasteiger partial charge in [-0.05, 0) is 0 Å². The van der Waals surface area contributed by atoms with E-state index in [9.17, 15) is 10.4 Å². The first-order chi connectivity index (χ1) is 17.7. The Hall–Kier alpha value is -4.76. The molecule has 194 valence electrons. The standard InChI is InChI=1S/2C14H12N2O2.Fe.H2O/c2*17-15-13(11-7-3-1-4-8-11)14(16-18)12-9-5-2-6-10-12;;/h2*1-10,17-18H;;1H2/q;;+2;/p-2/b15-13+,16-14?;15-13+,16-14+;;. The third-order valence-corrected chi connectivity index (χ3v) is 5.02. The fourth-order valence-corrected chi connectivity index (χ4v) is 3.33. The molecule has 0 aliphatic heterocycles. The van der Waals surface area contributed by atoms with Gasteiger partial charge in [-0.15, -0.1) is 0 Å². The van der Waals surface area contributed by atoms with Crippen molar-refractivity contribution in [3.05, 3.63) is 154 Å². The second-order valence-electron chi connectivity index (χ2n) is 7.24. The molecule has 0 atom stereocenters. The molecule has 0 radical (unpaired) electrons. The van der Waals surface area contributed by atoms with Crippen LogP contribution in [0.4, 0.5) is 0 Å². The Kier molecular flexibility index (Phi) is 13.8. The van der Waals surface area contributed by atoms with Crippen molar-refractivity contribution in [3.8, 4) is 0 Å². The predicted molar refractivity (Wildman–Crippen MR) is 146 cm³/mol. The number of hydrogen-bond donors (Lipinski definition) is 2. The van der Waals surface area contributed by atoms with Gasteiger partial charge in [0.1, 0.15) is 11.4 Å². The summed E-state index contributed by atoms with van der Waals surface area (Å²) < 4.78 is 0. The van der Waals surface area contributed by atoms with Crippen LogP contribution in [0.15, 0.2) is 142 Å². The zero-order chi connectivity index (χ0) is 25.6. The minimum absolute atomic E-state index is 0. The van der Waals surface area contributed by atoms with Gasteiger partial charge >= 0.3 is 17.1 Å². The monoisotopic (exact) mass is 552 g/mol. The van der Waals surface area contributed by atoms with Gasteiger partial charge in [0.05, 0.1) is 11.4 Å². The molecule has 0 saturated heterocycles. The van der Waals surface area contributed by atoms with Crippen molar-refractivity contribution >= 4 is 22.8 Å². The molecule has 0 bridgehead atoms. The maximum Gasteiger partial charge on any atom is 2.00 e. The Labute approximate surface area is 230 Å². The van der Waals surface area contributed by atoms with Gasteiger partial charge < -0.3 is 36.6 Å². The van der Waals surface area contributed by atoms with E-state index in [0.717, 1.165) is 0 Å². The molecule has 0 aromatic heterocycles. The van der Waals surface area contributed by atoms with Gasteiger partial charge in [0.2, 0.25) is 0 Å². The number of benzene rings is 4. The summed E-state index contributed by atoms with van der Waals surface area (Å²) in [6.07, 6.45) is 0. The molecule has 4 rings (SSSR count). The van der Waals surface area contributed by atoms with E-state index in [2.05, 4.69) is 20.6 Å². The van der Waals surface area contributed by atoms with Crippen LogP contribution in [0.2, 0.25) is 0 Å². The molecular formula is C28H24FeN4O5. The van der Waals surface area contributed by atoms with Crippen LogP contribution in [0.5, 0.6) is 0 Å². The van der Waals surface area contributed by atoms with Crippen LogP contribution < -0.4 is 0 Å². The van der Waals surface area contributed by atoms with Crippen molar-refractivity contribution in [2.45, 2.75) is 0 Å². The Morgan fingerprint density at radius 3 is 0.816 bits per heavy atom. The van der Waals surface area contributed by atoms with E-state index in [0.29, 0.717) is 22.3 Å². The molecule has 0 heterocycles. The number of nitrogens with zero attached hydrogens (tertiary/aromatic N) is 4. The van der Waals surface area contributed by atoms with Crippen LogP contribution in [0.3, 0.4) is 0 Å². The van der Waals surface area contributed by atoms with Gasteiger partial charge in [-0.2, -0.15) is 0 Å². The van der Waals surface area contributed by atoms with Crippen LogP contribution in [0, 0.1) is 10.4 Å². The summed E-state index contributed by atoms with van der Waals surface area (Å²) in [6.45, 7) is 0. The Balaban J connectivity index is 0.000000361. The number of oxime groups is 2. The second kappa shape index (κ2) is 16.8. The molecule has 0 saturated carbocycles. The van der Waals surface area contributed by atoms with Crippen molar-refractivity contribution in [1.29, 1.82) is 0 Å². The average molecular weight is 552 g/mol. The fraction of sp³-hybridized carbons (Fsp3) is 0. The van der Waals surface area contributed by atoms with Crippen molar-refractivity contribution in [1.82, 2.24) is 0 Å². The van der Waals surface area contributed by atoms with Gasteiger partial charge in [0.15, 0.2) is 0 Å². The molecule has 0 aliphatic carbocycles. The molecule has 4 N–H and O–H groups in total. The maximum atomic E-state index is 11.0. The van der Waals surface area contributed by atoms with Crippen LogP contribution in [0.25, 0.3) is 0 Å². The van der Waals surface area contributed by atoms with Gasteiger partial charge in [0, 0.05) is 22.3 Å². The molecular weight excluding hydrogens is 528 g/mol. The Morgan fingerprint density at radius 2 is 0.632 bits per heavy atom. The molecule has 0 fully saturated rings. The van der Waals surface area contributed by atoms with Crippen molar-refractivity contribution in [2.24, 2.45) is 20.6 Å². The third kappa shape index (κ3) is 8.14. The predicted octanol–water partition coefficient (Wildman–Crippen LogP) is 4.88. The largest absolute Gasteiger partial charge is 2.00 e. The summed E-state index contributed by atoms with van der Waals surface area (Å²) in [6, 6.07) is 35.7. The van der Waals surface area contributed by atoms with E-state index in [4.69, 9.17) is 10.4 Å². The Morgan fingerprint density at radius 1 is 0.421 bits per heavy atom. The van der Waals surface area contributed by atoms with E-state index in [-0.39, 0.29) is 45.4 Å². The van der Waals surface area contributed by atoms with E-state index < -0.39 is 0 Å². The molecule has 10 heteroatoms. The van der Waals surface area contributed by atoms with Gasteiger partial charge in [-0.1, -0.05) is 132 Å². The van der Waals surface area contributed by atoms with Crippen molar-refractivity contribution in [2.75, 3.05) is 0 Å². The van der Waals surface area contributed by atoms with Crippen LogP contribution >= 0.6 is 0 Å². The van der Waals surface area contributed by atoms with E-state index in [1.165, 1.54) is 0 Å². The molecule has 4 aromatic rings. The molecule has 0 aliphatic rings. The third-order valence-electron chi connectivity index (χ3n) is 5.02. The van der Waals surface area contributed by atoms with Gasteiger partial charge in [-0.25, -0.2) is 0 Å². The minimum Gasteiger partial charge on any atom is -0.791 e. The molecule has 0 amide bonds. The summed E-state index contributed by atoms with van der Waals surface area (Å²) >= 11 is 0. The fourth-order valence-electron chi connectivity index (χ4n) is 3.33. The zero-order valence-corrected chi connectivity index (χ0v) is 21.0. The zero-order valence-electron chi connectivity index (χ0n) is 19.9. The first-order valence-electron chi connectivity index (χ1n) is 10.8. The summed E-state index contributed by atoms with van der Waals surface area (Å²) in [7, 11) is 0. The SMILES string of the molecule is O.[Fe+2].[O-]/N=C(/C(=N/O)c1ccccc1)c1ccccc1.[O-]N=C(/C(=N/O)c1ccccc1)c1ccccc1. The summed E-state index contributed by atoms with van der Waals surface area (Å²) in [5.41, 5.74) is 3.06. The minimum atomic E-state index is 0. The van der Waals surface area contributed by atoms with Gasteiger partial charge in [0.25, 0.3) is 0 Å². The van der Waals surface area contributed by atoms with E-state index in [1.54, 1.807) is 97.1 Å². The van der Waals surface area contributed by atoms with Crippen LogP contribution in [0.1, 0.15) is 22.3 Å². The van der Waals surface area contributed by atoms with E-state index in [1.807, 2.05) is 24.3 Å². The van der Waals surface area contributed by atoms with Gasteiger partial charge in [-0.3, -0.25) is 0 Å². The maximum absolute atomic E-state index is 11.0. The summed E-state index contributed by atoms with van der Waals surface area (Å²) in [5, 5.41) is 52.6. The molecule has 9 nitrogen and oxygen atoms in total. The van der Waals surface area contributed by atoms with Crippen molar-refractivity contribution < 1.29 is 33.0 Å². The average Bonchev–Trinajstić information content (AvgIpc) is 2.96. The first-order valence-corrected chi connectivity index (χ1v) is 10.8. The molecule has 4 aromatic carbocycles. The van der Waals surface area contributed by atoms with E-state index >= 15 is 0 Å². The quantitative estimate of drug-likeness (QED) is 0.151. The van der Waals surface area contributed by atoms with Crippen LogP contribution in [-0.4, -0.2) is 38.7 Å². The smallest absolute Gasteiger partial charge is 0.791 e. The summed E-state index contributed by atoms with van der Waals surface area (Å²) in [4.78, 5) is 0. The second-order valence-corrected chi connectivity index (χ2v) is 7.24. The normalized spacial score (nSPS) is 11.8. The topological polar surface area (TPSA) is 168 Å². The molecule has 38 heavy (non-hydrogen) atoms. The first kappa shape index (κ1) is 31.3. The summed E-state index contributed by atoms with van der Waals surface area (Å²) in [5.74, 6) is 0.